The zero-order chi connectivity index (χ0) is 13.2. The largest absolute Gasteiger partial charge is 0.396 e. The molecule has 1 aliphatic heterocycles. The van der Waals surface area contributed by atoms with E-state index >= 15 is 0 Å². The topological polar surface area (TPSA) is 43.7 Å². The second kappa shape index (κ2) is 5.89. The average Bonchev–Trinajstić information content (AvgIpc) is 2.73. The minimum Gasteiger partial charge on any atom is -0.396 e. The summed E-state index contributed by atoms with van der Waals surface area (Å²) in [7, 11) is 0. The lowest BCUT2D eigenvalue weighted by molar-refractivity contribution is 0.0142. The van der Waals surface area contributed by atoms with Gasteiger partial charge >= 0.3 is 0 Å². The highest BCUT2D eigenvalue weighted by Gasteiger charge is 2.39. The average molecular weight is 255 g/mol. The van der Waals surface area contributed by atoms with Crippen molar-refractivity contribution in [1.82, 2.24) is 4.90 Å². The minimum atomic E-state index is 0.101. The molecule has 2 unspecified atom stereocenters. The molecule has 3 heteroatoms. The van der Waals surface area contributed by atoms with Crippen LogP contribution in [0.3, 0.4) is 0 Å². The first-order chi connectivity index (χ1) is 8.60. The van der Waals surface area contributed by atoms with Gasteiger partial charge in [-0.3, -0.25) is 4.90 Å². The summed E-state index contributed by atoms with van der Waals surface area (Å²) >= 11 is 0. The third kappa shape index (κ3) is 2.89. The third-order valence-corrected chi connectivity index (χ3v) is 5.39. The first kappa shape index (κ1) is 14.3. The standard InChI is InChI=1S/C15H29NO2/c1-12-3-6-15(11-18,7-4-12)10-16-8-5-13(2)14(16)9-17/h12-14,17-18H,3-11H2,1-2H3. The maximum Gasteiger partial charge on any atom is 0.0589 e. The Morgan fingerprint density at radius 2 is 1.78 bits per heavy atom. The van der Waals surface area contributed by atoms with Crippen molar-refractivity contribution in [3.63, 3.8) is 0 Å². The minimum absolute atomic E-state index is 0.101. The number of hydrogen-bond acceptors (Lipinski definition) is 3. The summed E-state index contributed by atoms with van der Waals surface area (Å²) < 4.78 is 0. The molecule has 2 aliphatic rings. The molecule has 3 nitrogen and oxygen atoms in total. The van der Waals surface area contributed by atoms with Crippen LogP contribution < -0.4 is 0 Å². The molecule has 0 amide bonds. The maximum atomic E-state index is 9.82. The number of nitrogens with zero attached hydrogens (tertiary/aromatic N) is 1. The van der Waals surface area contributed by atoms with E-state index in [0.29, 0.717) is 18.6 Å². The second-order valence-electron chi connectivity index (χ2n) is 6.83. The van der Waals surface area contributed by atoms with Crippen LogP contribution in [0.1, 0.15) is 46.0 Å². The smallest absolute Gasteiger partial charge is 0.0589 e. The molecule has 106 valence electrons. The van der Waals surface area contributed by atoms with Crippen molar-refractivity contribution in [2.75, 3.05) is 26.3 Å². The van der Waals surface area contributed by atoms with Crippen molar-refractivity contribution in [3.8, 4) is 0 Å². The van der Waals surface area contributed by atoms with Gasteiger partial charge in [0.2, 0.25) is 0 Å². The van der Waals surface area contributed by atoms with E-state index in [1.807, 2.05) is 0 Å². The predicted octanol–water partition coefficient (Wildman–Crippen LogP) is 1.88. The van der Waals surface area contributed by atoms with Gasteiger partial charge in [0.05, 0.1) is 6.61 Å². The number of aliphatic hydroxyl groups excluding tert-OH is 2. The molecule has 2 atom stereocenters. The summed E-state index contributed by atoms with van der Waals surface area (Å²) in [5, 5.41) is 19.4. The number of rotatable bonds is 4. The van der Waals surface area contributed by atoms with E-state index in [2.05, 4.69) is 18.7 Å². The monoisotopic (exact) mass is 255 g/mol. The fourth-order valence-electron chi connectivity index (χ4n) is 3.75. The molecule has 0 aromatic heterocycles. The summed E-state index contributed by atoms with van der Waals surface area (Å²) in [5.74, 6) is 1.41. The fourth-order valence-corrected chi connectivity index (χ4v) is 3.75. The molecule has 0 bridgehead atoms. The van der Waals surface area contributed by atoms with E-state index in [-0.39, 0.29) is 12.0 Å². The Morgan fingerprint density at radius 3 is 2.33 bits per heavy atom. The van der Waals surface area contributed by atoms with Crippen molar-refractivity contribution in [2.45, 2.75) is 52.0 Å². The zero-order valence-electron chi connectivity index (χ0n) is 11.9. The van der Waals surface area contributed by atoms with Crippen LogP contribution in [0.5, 0.6) is 0 Å². The van der Waals surface area contributed by atoms with Gasteiger partial charge in [0, 0.05) is 24.6 Å². The van der Waals surface area contributed by atoms with Gasteiger partial charge in [0.15, 0.2) is 0 Å². The lowest BCUT2D eigenvalue weighted by Crippen LogP contribution is -2.46. The van der Waals surface area contributed by atoms with Crippen LogP contribution in [0.2, 0.25) is 0 Å². The van der Waals surface area contributed by atoms with Gasteiger partial charge in [0.1, 0.15) is 0 Å². The lowest BCUT2D eigenvalue weighted by atomic mass is 9.71. The van der Waals surface area contributed by atoms with Crippen LogP contribution in [-0.4, -0.2) is 47.5 Å². The first-order valence-corrected chi connectivity index (χ1v) is 7.56. The summed E-state index contributed by atoms with van der Waals surface area (Å²) in [4.78, 5) is 2.43. The Bertz CT molecular complexity index is 261. The van der Waals surface area contributed by atoms with Gasteiger partial charge in [-0.1, -0.05) is 26.7 Å². The number of hydrogen-bond donors (Lipinski definition) is 2. The van der Waals surface area contributed by atoms with Crippen molar-refractivity contribution >= 4 is 0 Å². The summed E-state index contributed by atoms with van der Waals surface area (Å²) in [5.41, 5.74) is 0.101. The predicted molar refractivity (Wildman–Crippen MR) is 73.4 cm³/mol. The molecule has 0 aromatic rings. The van der Waals surface area contributed by atoms with Crippen LogP contribution in [0.25, 0.3) is 0 Å². The van der Waals surface area contributed by atoms with Crippen molar-refractivity contribution in [1.29, 1.82) is 0 Å². The normalized spacial score (nSPS) is 42.3. The molecular weight excluding hydrogens is 226 g/mol. The summed E-state index contributed by atoms with van der Waals surface area (Å²) in [6.45, 7) is 7.18. The van der Waals surface area contributed by atoms with Crippen LogP contribution in [0.4, 0.5) is 0 Å². The Kier molecular flexibility index (Phi) is 4.68. The van der Waals surface area contributed by atoms with Crippen molar-refractivity contribution in [3.05, 3.63) is 0 Å². The van der Waals surface area contributed by atoms with E-state index in [1.54, 1.807) is 0 Å². The molecule has 1 saturated heterocycles. The Morgan fingerprint density at radius 1 is 1.11 bits per heavy atom. The van der Waals surface area contributed by atoms with E-state index in [4.69, 9.17) is 0 Å². The molecule has 1 heterocycles. The van der Waals surface area contributed by atoms with Gasteiger partial charge in [-0.25, -0.2) is 0 Å². The maximum absolute atomic E-state index is 9.82. The van der Waals surface area contributed by atoms with Gasteiger partial charge in [-0.2, -0.15) is 0 Å². The molecule has 1 aliphatic carbocycles. The zero-order valence-corrected chi connectivity index (χ0v) is 11.9. The highest BCUT2D eigenvalue weighted by molar-refractivity contribution is 4.92. The van der Waals surface area contributed by atoms with E-state index in [9.17, 15) is 10.2 Å². The SMILES string of the molecule is CC1CCC(CO)(CN2CCC(C)C2CO)CC1. The molecule has 0 spiro atoms. The Balaban J connectivity index is 1.98. The lowest BCUT2D eigenvalue weighted by Gasteiger charge is -2.42. The number of aliphatic hydroxyl groups is 2. The van der Waals surface area contributed by atoms with Gasteiger partial charge in [0.25, 0.3) is 0 Å². The van der Waals surface area contributed by atoms with Gasteiger partial charge in [-0.15, -0.1) is 0 Å². The molecule has 18 heavy (non-hydrogen) atoms. The fraction of sp³-hybridized carbons (Fsp3) is 1.00. The summed E-state index contributed by atoms with van der Waals surface area (Å²) in [6.07, 6.45) is 5.96. The number of likely N-dealkylation sites (tertiary alicyclic amines) is 1. The molecule has 0 radical (unpaired) electrons. The van der Waals surface area contributed by atoms with E-state index < -0.39 is 0 Å². The molecule has 2 fully saturated rings. The molecular formula is C15H29NO2. The molecule has 1 saturated carbocycles. The van der Waals surface area contributed by atoms with Gasteiger partial charge in [-0.05, 0) is 37.6 Å². The first-order valence-electron chi connectivity index (χ1n) is 7.56. The Labute approximate surface area is 111 Å². The van der Waals surface area contributed by atoms with Crippen LogP contribution in [0, 0.1) is 17.3 Å². The van der Waals surface area contributed by atoms with Crippen molar-refractivity contribution in [2.24, 2.45) is 17.3 Å². The highest BCUT2D eigenvalue weighted by Crippen LogP contribution is 2.40. The second-order valence-corrected chi connectivity index (χ2v) is 6.83. The Hall–Kier alpha value is -0.120. The van der Waals surface area contributed by atoms with E-state index in [1.165, 1.54) is 19.3 Å². The van der Waals surface area contributed by atoms with Crippen molar-refractivity contribution < 1.29 is 10.2 Å². The van der Waals surface area contributed by atoms with Crippen LogP contribution >= 0.6 is 0 Å². The summed E-state index contributed by atoms with van der Waals surface area (Å²) in [6, 6.07) is 0.313. The third-order valence-electron chi connectivity index (χ3n) is 5.39. The van der Waals surface area contributed by atoms with E-state index in [0.717, 1.165) is 31.8 Å². The van der Waals surface area contributed by atoms with Crippen LogP contribution in [0.15, 0.2) is 0 Å². The quantitative estimate of drug-likeness (QED) is 0.806. The molecule has 0 aromatic carbocycles. The molecule has 2 rings (SSSR count). The van der Waals surface area contributed by atoms with Gasteiger partial charge < -0.3 is 10.2 Å². The van der Waals surface area contributed by atoms with Crippen LogP contribution in [-0.2, 0) is 0 Å². The molecule has 2 N–H and O–H groups in total. The highest BCUT2D eigenvalue weighted by atomic mass is 16.3.